The maximum absolute atomic E-state index is 5.56. The van der Waals surface area contributed by atoms with Gasteiger partial charge in [0.1, 0.15) is 5.75 Å². The predicted molar refractivity (Wildman–Crippen MR) is 79.9 cm³/mol. The van der Waals surface area contributed by atoms with Crippen LogP contribution in [0.1, 0.15) is 24.5 Å². The van der Waals surface area contributed by atoms with Crippen LogP contribution in [0.25, 0.3) is 0 Å². The van der Waals surface area contributed by atoms with E-state index < -0.39 is 0 Å². The molecule has 0 aliphatic carbocycles. The van der Waals surface area contributed by atoms with Gasteiger partial charge in [-0.1, -0.05) is 12.1 Å². The van der Waals surface area contributed by atoms with Gasteiger partial charge in [0.25, 0.3) is 0 Å². The number of benzene rings is 1. The van der Waals surface area contributed by atoms with Gasteiger partial charge >= 0.3 is 0 Å². The van der Waals surface area contributed by atoms with Crippen LogP contribution in [0.15, 0.2) is 18.2 Å². The minimum Gasteiger partial charge on any atom is -0.494 e. The SMILES string of the molecule is CCOc1ccc(CCNCC2CCNC2)cc1C. The number of aryl methyl sites for hydroxylation is 1. The third-order valence-electron chi connectivity index (χ3n) is 3.73. The lowest BCUT2D eigenvalue weighted by atomic mass is 10.1. The molecule has 0 saturated carbocycles. The maximum Gasteiger partial charge on any atom is 0.122 e. The molecule has 0 amide bonds. The monoisotopic (exact) mass is 262 g/mol. The van der Waals surface area contributed by atoms with E-state index in [1.807, 2.05) is 6.92 Å². The molecule has 106 valence electrons. The van der Waals surface area contributed by atoms with Gasteiger partial charge in [0.15, 0.2) is 0 Å². The van der Waals surface area contributed by atoms with Crippen molar-refractivity contribution in [3.8, 4) is 5.75 Å². The summed E-state index contributed by atoms with van der Waals surface area (Å²) >= 11 is 0. The number of nitrogens with one attached hydrogen (secondary N) is 2. The summed E-state index contributed by atoms with van der Waals surface area (Å²) in [7, 11) is 0. The topological polar surface area (TPSA) is 33.3 Å². The zero-order chi connectivity index (χ0) is 13.5. The van der Waals surface area contributed by atoms with Crippen LogP contribution in [0, 0.1) is 12.8 Å². The molecule has 3 nitrogen and oxygen atoms in total. The van der Waals surface area contributed by atoms with E-state index in [9.17, 15) is 0 Å². The molecule has 0 spiro atoms. The average molecular weight is 262 g/mol. The van der Waals surface area contributed by atoms with Gasteiger partial charge in [0, 0.05) is 0 Å². The Morgan fingerprint density at radius 1 is 1.42 bits per heavy atom. The van der Waals surface area contributed by atoms with Crippen LogP contribution in [0.5, 0.6) is 5.75 Å². The first-order valence-corrected chi connectivity index (χ1v) is 7.43. The molecular formula is C16H26N2O. The molecule has 1 aromatic rings. The summed E-state index contributed by atoms with van der Waals surface area (Å²) in [4.78, 5) is 0. The van der Waals surface area contributed by atoms with Crippen molar-refractivity contribution in [3.63, 3.8) is 0 Å². The van der Waals surface area contributed by atoms with Gasteiger partial charge in [0.05, 0.1) is 6.61 Å². The number of rotatable bonds is 7. The van der Waals surface area contributed by atoms with Crippen LogP contribution in [0.4, 0.5) is 0 Å². The highest BCUT2D eigenvalue weighted by molar-refractivity contribution is 5.36. The van der Waals surface area contributed by atoms with Gasteiger partial charge in [-0.2, -0.15) is 0 Å². The second-order valence-electron chi connectivity index (χ2n) is 5.35. The fraction of sp³-hybridized carbons (Fsp3) is 0.625. The quantitative estimate of drug-likeness (QED) is 0.739. The Morgan fingerprint density at radius 3 is 3.00 bits per heavy atom. The number of hydrogen-bond acceptors (Lipinski definition) is 3. The maximum atomic E-state index is 5.56. The lowest BCUT2D eigenvalue weighted by Crippen LogP contribution is -2.26. The molecule has 1 aliphatic rings. The van der Waals surface area contributed by atoms with E-state index in [0.29, 0.717) is 0 Å². The van der Waals surface area contributed by atoms with E-state index in [1.165, 1.54) is 30.6 Å². The molecule has 1 unspecified atom stereocenters. The number of ether oxygens (including phenoxy) is 1. The van der Waals surface area contributed by atoms with Crippen LogP contribution in [-0.2, 0) is 6.42 Å². The lowest BCUT2D eigenvalue weighted by Gasteiger charge is -2.11. The summed E-state index contributed by atoms with van der Waals surface area (Å²) in [5.74, 6) is 1.83. The van der Waals surface area contributed by atoms with Gasteiger partial charge in [-0.25, -0.2) is 0 Å². The second kappa shape index (κ2) is 7.51. The minimum absolute atomic E-state index is 0.733. The summed E-state index contributed by atoms with van der Waals surface area (Å²) in [5.41, 5.74) is 2.62. The van der Waals surface area contributed by atoms with Crippen LogP contribution < -0.4 is 15.4 Å². The summed E-state index contributed by atoms with van der Waals surface area (Å²) in [6, 6.07) is 6.51. The Kier molecular flexibility index (Phi) is 5.67. The zero-order valence-corrected chi connectivity index (χ0v) is 12.2. The molecule has 2 N–H and O–H groups in total. The fourth-order valence-electron chi connectivity index (χ4n) is 2.61. The first-order chi connectivity index (χ1) is 9.29. The number of hydrogen-bond donors (Lipinski definition) is 2. The molecule has 1 saturated heterocycles. The standard InChI is InChI=1S/C16H26N2O/c1-3-19-16-5-4-14(10-13(16)2)6-8-17-11-15-7-9-18-12-15/h4-5,10,15,17-18H,3,6-9,11-12H2,1-2H3. The van der Waals surface area contributed by atoms with Gasteiger partial charge in [-0.15, -0.1) is 0 Å². The highest BCUT2D eigenvalue weighted by atomic mass is 16.5. The van der Waals surface area contributed by atoms with Crippen molar-refractivity contribution in [3.05, 3.63) is 29.3 Å². The fourth-order valence-corrected chi connectivity index (χ4v) is 2.61. The second-order valence-corrected chi connectivity index (χ2v) is 5.35. The van der Waals surface area contributed by atoms with Crippen molar-refractivity contribution in [1.29, 1.82) is 0 Å². The van der Waals surface area contributed by atoms with Crippen molar-refractivity contribution in [2.75, 3.05) is 32.8 Å². The third-order valence-corrected chi connectivity index (χ3v) is 3.73. The van der Waals surface area contributed by atoms with Crippen molar-refractivity contribution in [1.82, 2.24) is 10.6 Å². The molecule has 1 fully saturated rings. The Bertz CT molecular complexity index is 386. The Labute approximate surface area is 116 Å². The molecule has 1 heterocycles. The zero-order valence-electron chi connectivity index (χ0n) is 12.2. The average Bonchev–Trinajstić information content (AvgIpc) is 2.91. The van der Waals surface area contributed by atoms with Crippen molar-refractivity contribution in [2.45, 2.75) is 26.7 Å². The molecule has 1 atom stereocenters. The smallest absolute Gasteiger partial charge is 0.122 e. The van der Waals surface area contributed by atoms with Crippen LogP contribution in [0.3, 0.4) is 0 Å². The van der Waals surface area contributed by atoms with E-state index in [-0.39, 0.29) is 0 Å². The van der Waals surface area contributed by atoms with Gasteiger partial charge in [-0.3, -0.25) is 0 Å². The van der Waals surface area contributed by atoms with Crippen LogP contribution in [0.2, 0.25) is 0 Å². The molecule has 0 radical (unpaired) electrons. The van der Waals surface area contributed by atoms with Crippen molar-refractivity contribution < 1.29 is 4.74 Å². The predicted octanol–water partition coefficient (Wildman–Crippen LogP) is 2.14. The Hall–Kier alpha value is -1.06. The molecule has 1 aliphatic heterocycles. The highest BCUT2D eigenvalue weighted by Gasteiger charge is 2.13. The van der Waals surface area contributed by atoms with Crippen molar-refractivity contribution in [2.24, 2.45) is 5.92 Å². The molecule has 2 rings (SSSR count). The van der Waals surface area contributed by atoms with E-state index in [4.69, 9.17) is 4.74 Å². The van der Waals surface area contributed by atoms with E-state index >= 15 is 0 Å². The Balaban J connectivity index is 1.71. The van der Waals surface area contributed by atoms with Crippen LogP contribution in [-0.4, -0.2) is 32.8 Å². The van der Waals surface area contributed by atoms with Crippen LogP contribution >= 0.6 is 0 Å². The summed E-state index contributed by atoms with van der Waals surface area (Å²) in [5, 5.41) is 6.97. The highest BCUT2D eigenvalue weighted by Crippen LogP contribution is 2.19. The largest absolute Gasteiger partial charge is 0.494 e. The molecule has 0 bridgehead atoms. The third kappa shape index (κ3) is 4.51. The normalized spacial score (nSPS) is 18.7. The van der Waals surface area contributed by atoms with Gasteiger partial charge in [-0.05, 0) is 76.0 Å². The van der Waals surface area contributed by atoms with E-state index in [0.717, 1.165) is 37.8 Å². The van der Waals surface area contributed by atoms with Gasteiger partial charge in [0.2, 0.25) is 0 Å². The summed E-state index contributed by atoms with van der Waals surface area (Å²) in [6.45, 7) is 9.44. The molecule has 1 aromatic carbocycles. The summed E-state index contributed by atoms with van der Waals surface area (Å²) in [6.07, 6.45) is 2.41. The molecule has 0 aromatic heterocycles. The lowest BCUT2D eigenvalue weighted by molar-refractivity contribution is 0.338. The Morgan fingerprint density at radius 2 is 2.32 bits per heavy atom. The van der Waals surface area contributed by atoms with E-state index in [2.05, 4.69) is 35.8 Å². The summed E-state index contributed by atoms with van der Waals surface area (Å²) < 4.78 is 5.56. The molecule has 3 heteroatoms. The minimum atomic E-state index is 0.733. The first-order valence-electron chi connectivity index (χ1n) is 7.43. The van der Waals surface area contributed by atoms with E-state index in [1.54, 1.807) is 0 Å². The first kappa shape index (κ1) is 14.4. The molecule has 19 heavy (non-hydrogen) atoms. The van der Waals surface area contributed by atoms with Crippen molar-refractivity contribution >= 4 is 0 Å². The van der Waals surface area contributed by atoms with Gasteiger partial charge < -0.3 is 15.4 Å². The molecular weight excluding hydrogens is 236 g/mol.